The molecule has 1 atom stereocenters. The van der Waals surface area contributed by atoms with E-state index in [4.69, 9.17) is 11.6 Å². The number of aryl methyl sites for hydroxylation is 3. The average Bonchev–Trinajstić information content (AvgIpc) is 2.97. The number of halogens is 1. The molecule has 7 nitrogen and oxygen atoms in total. The molecule has 1 aliphatic rings. The van der Waals surface area contributed by atoms with Gasteiger partial charge in [-0.1, -0.05) is 78.9 Å². The van der Waals surface area contributed by atoms with E-state index in [2.05, 4.69) is 5.32 Å². The number of benzene rings is 3. The molecule has 0 aliphatic heterocycles. The Kier molecular flexibility index (Phi) is 10.3. The average molecular weight is 610 g/mol. The second kappa shape index (κ2) is 13.7. The second-order valence-corrected chi connectivity index (χ2v) is 13.5. The van der Waals surface area contributed by atoms with E-state index in [1.54, 1.807) is 55.5 Å². The van der Waals surface area contributed by atoms with Crippen LogP contribution >= 0.6 is 11.6 Å². The molecule has 0 heterocycles. The summed E-state index contributed by atoms with van der Waals surface area (Å²) in [5.41, 5.74) is 3.59. The number of hydrogen-bond acceptors (Lipinski definition) is 4. The van der Waals surface area contributed by atoms with Crippen molar-refractivity contribution < 1.29 is 18.0 Å². The third-order valence-electron chi connectivity index (χ3n) is 7.94. The van der Waals surface area contributed by atoms with E-state index in [9.17, 15) is 18.0 Å². The fraction of sp³-hybridized carbons (Fsp3) is 0.394. The minimum absolute atomic E-state index is 0.0585. The highest BCUT2D eigenvalue weighted by Gasteiger charge is 2.34. The van der Waals surface area contributed by atoms with Crippen LogP contribution in [-0.4, -0.2) is 43.8 Å². The molecule has 0 aromatic heterocycles. The zero-order chi connectivity index (χ0) is 30.4. The fourth-order valence-corrected chi connectivity index (χ4v) is 6.97. The van der Waals surface area contributed by atoms with Crippen LogP contribution in [0, 0.1) is 20.8 Å². The first-order valence-corrected chi connectivity index (χ1v) is 16.3. The van der Waals surface area contributed by atoms with Crippen LogP contribution in [0.25, 0.3) is 0 Å². The predicted octanol–water partition coefficient (Wildman–Crippen LogP) is 6.33. The zero-order valence-electron chi connectivity index (χ0n) is 24.8. The number of carbonyl (C=O) groups is 2. The third-order valence-corrected chi connectivity index (χ3v) is 10.1. The van der Waals surface area contributed by atoms with Gasteiger partial charge in [-0.3, -0.25) is 13.9 Å². The standard InChI is InChI=1S/C33H40ClN3O4S/c1-23-15-18-29(19-16-23)42(40,41)37(31-20-24(2)14-17-25(31)3)22-32(38)36(21-27-10-8-9-13-30(27)34)26(4)33(39)35-28-11-6-5-7-12-28/h8-10,13-20,26,28H,5-7,11-12,21-22H2,1-4H3,(H,35,39). The zero-order valence-corrected chi connectivity index (χ0v) is 26.3. The second-order valence-electron chi connectivity index (χ2n) is 11.2. The molecule has 1 saturated carbocycles. The molecule has 0 radical (unpaired) electrons. The van der Waals surface area contributed by atoms with Crippen LogP contribution in [0.5, 0.6) is 0 Å². The van der Waals surface area contributed by atoms with Crippen molar-refractivity contribution in [2.24, 2.45) is 0 Å². The summed E-state index contributed by atoms with van der Waals surface area (Å²) in [6.45, 7) is 6.84. The summed E-state index contributed by atoms with van der Waals surface area (Å²) in [5, 5.41) is 3.59. The number of rotatable bonds is 10. The summed E-state index contributed by atoms with van der Waals surface area (Å²) in [6.07, 6.45) is 5.09. The molecule has 3 aromatic rings. The minimum Gasteiger partial charge on any atom is -0.352 e. The molecule has 3 aromatic carbocycles. The van der Waals surface area contributed by atoms with Crippen LogP contribution < -0.4 is 9.62 Å². The van der Waals surface area contributed by atoms with Gasteiger partial charge in [0.15, 0.2) is 0 Å². The highest BCUT2D eigenvalue weighted by Crippen LogP contribution is 2.29. The number of sulfonamides is 1. The van der Waals surface area contributed by atoms with Gasteiger partial charge in [-0.15, -0.1) is 0 Å². The van der Waals surface area contributed by atoms with Gasteiger partial charge < -0.3 is 10.2 Å². The van der Waals surface area contributed by atoms with Crippen molar-refractivity contribution in [1.29, 1.82) is 0 Å². The first-order chi connectivity index (χ1) is 20.0. The van der Waals surface area contributed by atoms with Crippen molar-refractivity contribution in [1.82, 2.24) is 10.2 Å². The molecule has 9 heteroatoms. The van der Waals surface area contributed by atoms with E-state index < -0.39 is 28.5 Å². The highest BCUT2D eigenvalue weighted by molar-refractivity contribution is 7.92. The Bertz CT molecular complexity index is 1520. The number of nitrogens with zero attached hydrogens (tertiary/aromatic N) is 2. The Morgan fingerprint density at radius 2 is 1.57 bits per heavy atom. The third kappa shape index (κ3) is 7.53. The molecular weight excluding hydrogens is 570 g/mol. The molecule has 224 valence electrons. The van der Waals surface area contributed by atoms with Crippen molar-refractivity contribution >= 4 is 39.1 Å². The van der Waals surface area contributed by atoms with Gasteiger partial charge in [-0.05, 0) is 81.5 Å². The smallest absolute Gasteiger partial charge is 0.264 e. The molecular formula is C33H40ClN3O4S. The van der Waals surface area contributed by atoms with Crippen molar-refractivity contribution in [2.75, 3.05) is 10.8 Å². The van der Waals surface area contributed by atoms with Crippen LogP contribution in [0.15, 0.2) is 71.6 Å². The predicted molar refractivity (Wildman–Crippen MR) is 168 cm³/mol. The maximum atomic E-state index is 14.2. The molecule has 1 N–H and O–H groups in total. The van der Waals surface area contributed by atoms with E-state index in [-0.39, 0.29) is 23.4 Å². The Hall–Kier alpha value is -3.36. The molecule has 2 amide bonds. The van der Waals surface area contributed by atoms with Gasteiger partial charge in [0.2, 0.25) is 11.8 Å². The number of nitrogens with one attached hydrogen (secondary N) is 1. The van der Waals surface area contributed by atoms with E-state index in [1.807, 2.05) is 39.0 Å². The lowest BCUT2D eigenvalue weighted by molar-refractivity contribution is -0.139. The van der Waals surface area contributed by atoms with Crippen LogP contribution in [0.2, 0.25) is 5.02 Å². The maximum absolute atomic E-state index is 14.2. The SMILES string of the molecule is Cc1ccc(S(=O)(=O)N(CC(=O)N(Cc2ccccc2Cl)C(C)C(=O)NC2CCCCC2)c2cc(C)ccc2C)cc1. The molecule has 1 fully saturated rings. The molecule has 1 aliphatic carbocycles. The van der Waals surface area contributed by atoms with Crippen molar-refractivity contribution in [2.45, 2.75) is 83.3 Å². The normalized spacial score (nSPS) is 14.7. The summed E-state index contributed by atoms with van der Waals surface area (Å²) in [7, 11) is -4.13. The Morgan fingerprint density at radius 1 is 0.929 bits per heavy atom. The summed E-state index contributed by atoms with van der Waals surface area (Å²) in [6, 6.07) is 18.5. The van der Waals surface area contributed by atoms with E-state index in [0.29, 0.717) is 21.8 Å². The fourth-order valence-electron chi connectivity index (χ4n) is 5.30. The van der Waals surface area contributed by atoms with E-state index in [0.717, 1.165) is 47.5 Å². The number of hydrogen-bond donors (Lipinski definition) is 1. The quantitative estimate of drug-likeness (QED) is 0.291. The number of anilines is 1. The number of amides is 2. The van der Waals surface area contributed by atoms with E-state index in [1.165, 1.54) is 4.90 Å². The summed E-state index contributed by atoms with van der Waals surface area (Å²) >= 11 is 6.47. The van der Waals surface area contributed by atoms with Gasteiger partial charge in [0, 0.05) is 17.6 Å². The van der Waals surface area contributed by atoms with Crippen LogP contribution in [0.3, 0.4) is 0 Å². The first-order valence-electron chi connectivity index (χ1n) is 14.5. The molecule has 1 unspecified atom stereocenters. The van der Waals surface area contributed by atoms with Crippen LogP contribution in [0.1, 0.15) is 61.3 Å². The lowest BCUT2D eigenvalue weighted by Gasteiger charge is -2.33. The largest absolute Gasteiger partial charge is 0.352 e. The minimum atomic E-state index is -4.13. The number of carbonyl (C=O) groups excluding carboxylic acids is 2. The Labute approximate surface area is 254 Å². The highest BCUT2D eigenvalue weighted by atomic mass is 35.5. The topological polar surface area (TPSA) is 86.8 Å². The Balaban J connectivity index is 1.72. The maximum Gasteiger partial charge on any atom is 0.264 e. The van der Waals surface area contributed by atoms with Gasteiger partial charge >= 0.3 is 0 Å². The van der Waals surface area contributed by atoms with Crippen LogP contribution in [0.4, 0.5) is 5.69 Å². The van der Waals surface area contributed by atoms with Crippen molar-refractivity contribution in [3.8, 4) is 0 Å². The summed E-state index contributed by atoms with van der Waals surface area (Å²) in [5.74, 6) is -0.764. The molecule has 4 rings (SSSR count). The van der Waals surface area contributed by atoms with Crippen LogP contribution in [-0.2, 0) is 26.2 Å². The monoisotopic (exact) mass is 609 g/mol. The summed E-state index contributed by atoms with van der Waals surface area (Å²) in [4.78, 5) is 29.2. The lowest BCUT2D eigenvalue weighted by Crippen LogP contribution is -2.53. The van der Waals surface area contributed by atoms with Gasteiger partial charge in [-0.2, -0.15) is 0 Å². The van der Waals surface area contributed by atoms with Gasteiger partial charge in [0.1, 0.15) is 12.6 Å². The van der Waals surface area contributed by atoms with Crippen molar-refractivity contribution in [3.05, 3.63) is 94.0 Å². The van der Waals surface area contributed by atoms with Gasteiger partial charge in [-0.25, -0.2) is 8.42 Å². The molecule has 0 spiro atoms. The van der Waals surface area contributed by atoms with Crippen molar-refractivity contribution in [3.63, 3.8) is 0 Å². The van der Waals surface area contributed by atoms with E-state index >= 15 is 0 Å². The first kappa shape index (κ1) is 31.6. The van der Waals surface area contributed by atoms with Gasteiger partial charge in [0.05, 0.1) is 10.6 Å². The Morgan fingerprint density at radius 3 is 2.24 bits per heavy atom. The molecule has 42 heavy (non-hydrogen) atoms. The molecule has 0 saturated heterocycles. The lowest BCUT2D eigenvalue weighted by atomic mass is 9.95. The van der Waals surface area contributed by atoms with Gasteiger partial charge in [0.25, 0.3) is 10.0 Å². The summed E-state index contributed by atoms with van der Waals surface area (Å²) < 4.78 is 29.4. The molecule has 0 bridgehead atoms.